The van der Waals surface area contributed by atoms with Crippen LogP contribution < -0.4 is 5.32 Å². The molecule has 8 heteroatoms. The Balaban J connectivity index is 1.69. The normalized spacial score (nSPS) is 12.1. The summed E-state index contributed by atoms with van der Waals surface area (Å²) < 4.78 is 1.68. The first kappa shape index (κ1) is 17.6. The predicted molar refractivity (Wildman–Crippen MR) is 100 cm³/mol. The smallest absolute Gasteiger partial charge is 0.233 e. The Labute approximate surface area is 154 Å². The van der Waals surface area contributed by atoms with Gasteiger partial charge in [-0.2, -0.15) is 4.68 Å². The molecule has 1 N–H and O–H groups in total. The van der Waals surface area contributed by atoms with Gasteiger partial charge in [0.15, 0.2) is 0 Å². The van der Waals surface area contributed by atoms with Gasteiger partial charge in [0.05, 0.1) is 17.5 Å². The number of amides is 1. The number of thioether (sulfide) groups is 1. The Kier molecular flexibility index (Phi) is 5.50. The molecule has 1 atom stereocenters. The molecule has 0 aliphatic carbocycles. The van der Waals surface area contributed by atoms with Gasteiger partial charge < -0.3 is 5.32 Å². The average Bonchev–Trinajstić information content (AvgIpc) is 3.24. The fourth-order valence-electron chi connectivity index (χ4n) is 2.39. The lowest BCUT2D eigenvalue weighted by atomic mass is 10.1. The zero-order valence-corrected chi connectivity index (χ0v) is 15.9. The summed E-state index contributed by atoms with van der Waals surface area (Å²) in [6.07, 6.45) is 0. The maximum atomic E-state index is 12.3. The van der Waals surface area contributed by atoms with E-state index in [4.69, 9.17) is 0 Å². The van der Waals surface area contributed by atoms with E-state index in [0.29, 0.717) is 11.7 Å². The van der Waals surface area contributed by atoms with E-state index < -0.39 is 0 Å². The van der Waals surface area contributed by atoms with Crippen LogP contribution in [0.15, 0.2) is 40.9 Å². The molecule has 130 valence electrons. The Bertz CT molecular complexity index is 860. The third-order valence-electron chi connectivity index (χ3n) is 3.69. The predicted octanol–water partition coefficient (Wildman–Crippen LogP) is 3.14. The molecule has 0 spiro atoms. The molecule has 0 radical (unpaired) electrons. The molecule has 3 rings (SSSR count). The third kappa shape index (κ3) is 4.26. The maximum absolute atomic E-state index is 12.3. The number of aryl methyl sites for hydroxylation is 2. The fraction of sp³-hybridized carbons (Fsp3) is 0.294. The topological polar surface area (TPSA) is 72.7 Å². The van der Waals surface area contributed by atoms with Crippen molar-refractivity contribution in [2.24, 2.45) is 0 Å². The van der Waals surface area contributed by atoms with E-state index in [1.807, 2.05) is 50.4 Å². The molecule has 6 nitrogen and oxygen atoms in total. The maximum Gasteiger partial charge on any atom is 0.233 e. The molecule has 0 aliphatic rings. The Morgan fingerprint density at radius 1 is 1.36 bits per heavy atom. The van der Waals surface area contributed by atoms with E-state index in [9.17, 15) is 4.79 Å². The lowest BCUT2D eigenvalue weighted by Crippen LogP contribution is -2.30. The van der Waals surface area contributed by atoms with E-state index in [0.717, 1.165) is 16.1 Å². The fourth-order valence-corrected chi connectivity index (χ4v) is 3.86. The van der Waals surface area contributed by atoms with Gasteiger partial charge >= 0.3 is 0 Å². The first-order valence-corrected chi connectivity index (χ1v) is 9.63. The van der Waals surface area contributed by atoms with Crippen LogP contribution in [0.3, 0.4) is 0 Å². The number of rotatable bonds is 6. The molecule has 2 aromatic heterocycles. The van der Waals surface area contributed by atoms with E-state index in [2.05, 4.69) is 26.9 Å². The Hall–Kier alpha value is -2.19. The van der Waals surface area contributed by atoms with Gasteiger partial charge in [-0.3, -0.25) is 4.79 Å². The van der Waals surface area contributed by atoms with Crippen molar-refractivity contribution >= 4 is 29.0 Å². The Morgan fingerprint density at radius 3 is 2.92 bits per heavy atom. The van der Waals surface area contributed by atoms with Crippen molar-refractivity contribution in [3.8, 4) is 5.69 Å². The van der Waals surface area contributed by atoms with E-state index in [1.54, 1.807) is 16.0 Å². The van der Waals surface area contributed by atoms with Crippen LogP contribution in [0, 0.1) is 13.8 Å². The van der Waals surface area contributed by atoms with E-state index >= 15 is 0 Å². The Morgan fingerprint density at radius 2 is 2.20 bits per heavy atom. The van der Waals surface area contributed by atoms with Crippen molar-refractivity contribution in [1.29, 1.82) is 0 Å². The minimum Gasteiger partial charge on any atom is -0.350 e. The minimum absolute atomic E-state index is 0.0337. The molecule has 0 unspecified atom stereocenters. The number of nitrogens with zero attached hydrogens (tertiary/aromatic N) is 4. The van der Waals surface area contributed by atoms with Crippen molar-refractivity contribution < 1.29 is 4.79 Å². The molecule has 1 amide bonds. The molecule has 0 fully saturated rings. The van der Waals surface area contributed by atoms with Crippen molar-refractivity contribution in [3.05, 3.63) is 51.7 Å². The first-order chi connectivity index (χ1) is 12.0. The van der Waals surface area contributed by atoms with Crippen molar-refractivity contribution in [2.45, 2.75) is 37.7 Å². The second-order valence-corrected chi connectivity index (χ2v) is 8.06. The second-order valence-electron chi connectivity index (χ2n) is 5.72. The molecule has 0 aliphatic heterocycles. The summed E-state index contributed by atoms with van der Waals surface area (Å²) >= 11 is 2.97. The average molecular weight is 374 g/mol. The highest BCUT2D eigenvalue weighted by molar-refractivity contribution is 8.00. The van der Waals surface area contributed by atoms with Gasteiger partial charge in [0, 0.05) is 4.88 Å². The van der Waals surface area contributed by atoms with E-state index in [1.165, 1.54) is 17.3 Å². The highest BCUT2D eigenvalue weighted by Crippen LogP contribution is 2.25. The van der Waals surface area contributed by atoms with Crippen molar-refractivity contribution in [3.63, 3.8) is 0 Å². The molecule has 1 aromatic carbocycles. The number of carbonyl (C=O) groups is 1. The lowest BCUT2D eigenvalue weighted by molar-refractivity contribution is -0.120. The molecular weight excluding hydrogens is 354 g/mol. The zero-order valence-electron chi connectivity index (χ0n) is 14.3. The van der Waals surface area contributed by atoms with Gasteiger partial charge in [-0.15, -0.1) is 16.4 Å². The molecule has 25 heavy (non-hydrogen) atoms. The van der Waals surface area contributed by atoms with Gasteiger partial charge in [-0.1, -0.05) is 35.5 Å². The first-order valence-electron chi connectivity index (χ1n) is 7.87. The number of aromatic nitrogens is 4. The summed E-state index contributed by atoms with van der Waals surface area (Å²) in [7, 11) is 0. The highest BCUT2D eigenvalue weighted by Gasteiger charge is 2.19. The van der Waals surface area contributed by atoms with Crippen LogP contribution in [0.2, 0.25) is 0 Å². The quantitative estimate of drug-likeness (QED) is 0.672. The summed E-state index contributed by atoms with van der Waals surface area (Å²) in [5, 5.41) is 17.2. The van der Waals surface area contributed by atoms with E-state index in [-0.39, 0.29) is 11.2 Å². The van der Waals surface area contributed by atoms with Crippen LogP contribution in [0.25, 0.3) is 5.69 Å². The summed E-state index contributed by atoms with van der Waals surface area (Å²) in [4.78, 5) is 13.4. The van der Waals surface area contributed by atoms with Crippen molar-refractivity contribution in [1.82, 2.24) is 25.5 Å². The summed E-state index contributed by atoms with van der Waals surface area (Å²) in [5.41, 5.74) is 3.19. The van der Waals surface area contributed by atoms with Crippen LogP contribution in [-0.2, 0) is 11.3 Å². The van der Waals surface area contributed by atoms with Gasteiger partial charge in [0.1, 0.15) is 0 Å². The number of thiophene rings is 1. The summed E-state index contributed by atoms with van der Waals surface area (Å²) in [6.45, 7) is 6.47. The van der Waals surface area contributed by atoms with Crippen LogP contribution in [0.1, 0.15) is 22.9 Å². The van der Waals surface area contributed by atoms with Crippen LogP contribution >= 0.6 is 23.1 Å². The number of tetrazole rings is 1. The summed E-state index contributed by atoms with van der Waals surface area (Å²) in [6, 6.07) is 10.1. The van der Waals surface area contributed by atoms with Gasteiger partial charge in [-0.05, 0) is 54.3 Å². The SMILES string of the molecule is Cc1ccc(-n2nnnc2S[C@@H](C)C(=O)NCc2cccs2)c(C)c1. The molecule has 0 saturated heterocycles. The number of nitrogens with one attached hydrogen (secondary N) is 1. The lowest BCUT2D eigenvalue weighted by Gasteiger charge is -2.12. The van der Waals surface area contributed by atoms with Gasteiger partial charge in [0.25, 0.3) is 0 Å². The number of benzene rings is 1. The molecule has 0 bridgehead atoms. The highest BCUT2D eigenvalue weighted by atomic mass is 32.2. The monoisotopic (exact) mass is 373 g/mol. The number of carbonyl (C=O) groups excluding carboxylic acids is 1. The molecule has 3 aromatic rings. The standard InChI is InChI=1S/C17H19N5OS2/c1-11-6-7-15(12(2)9-11)22-17(19-20-21-22)25-13(3)16(23)18-10-14-5-4-8-24-14/h4-9,13H,10H2,1-3H3,(H,18,23)/t13-/m0/s1. The molecule has 0 saturated carbocycles. The number of hydrogen-bond donors (Lipinski definition) is 1. The van der Waals surface area contributed by atoms with Crippen LogP contribution in [0.4, 0.5) is 0 Å². The van der Waals surface area contributed by atoms with Crippen molar-refractivity contribution in [2.75, 3.05) is 0 Å². The number of hydrogen-bond acceptors (Lipinski definition) is 6. The largest absolute Gasteiger partial charge is 0.350 e. The van der Waals surface area contributed by atoms with Crippen LogP contribution in [-0.4, -0.2) is 31.4 Å². The zero-order chi connectivity index (χ0) is 17.8. The van der Waals surface area contributed by atoms with Gasteiger partial charge in [0.2, 0.25) is 11.1 Å². The van der Waals surface area contributed by atoms with Crippen LogP contribution in [0.5, 0.6) is 0 Å². The third-order valence-corrected chi connectivity index (χ3v) is 5.60. The second kappa shape index (κ2) is 7.79. The summed E-state index contributed by atoms with van der Waals surface area (Å²) in [5.74, 6) is -0.0337. The molecule has 2 heterocycles. The van der Waals surface area contributed by atoms with Gasteiger partial charge in [-0.25, -0.2) is 0 Å². The minimum atomic E-state index is -0.296. The molecular formula is C17H19N5OS2.